The van der Waals surface area contributed by atoms with Gasteiger partial charge >= 0.3 is 0 Å². The smallest absolute Gasteiger partial charge is 0.272 e. The highest BCUT2D eigenvalue weighted by molar-refractivity contribution is 5.97. The summed E-state index contributed by atoms with van der Waals surface area (Å²) in [5.74, 6) is 0.237. The summed E-state index contributed by atoms with van der Waals surface area (Å²) in [6.07, 6.45) is 1.69. The second-order valence-electron chi connectivity index (χ2n) is 5.71. The van der Waals surface area contributed by atoms with Crippen LogP contribution in [0.25, 0.3) is 0 Å². The summed E-state index contributed by atoms with van der Waals surface area (Å²) in [5, 5.41) is 0. The van der Waals surface area contributed by atoms with Crippen molar-refractivity contribution in [1.29, 1.82) is 0 Å². The van der Waals surface area contributed by atoms with Crippen molar-refractivity contribution >= 4 is 5.78 Å². The van der Waals surface area contributed by atoms with Crippen LogP contribution >= 0.6 is 0 Å². The molecule has 4 heteroatoms. The first kappa shape index (κ1) is 13.1. The minimum Gasteiger partial charge on any atom is -0.495 e. The van der Waals surface area contributed by atoms with Crippen LogP contribution in [0.3, 0.4) is 0 Å². The second-order valence-corrected chi connectivity index (χ2v) is 5.71. The quantitative estimate of drug-likeness (QED) is 0.724. The fourth-order valence-electron chi connectivity index (χ4n) is 2.60. The molecule has 0 saturated heterocycles. The van der Waals surface area contributed by atoms with Gasteiger partial charge in [0.1, 0.15) is 5.76 Å². The second kappa shape index (κ2) is 4.12. The molecule has 100 valence electrons. The maximum absolute atomic E-state index is 12.1. The maximum atomic E-state index is 12.1. The minimum atomic E-state index is -1.03. The normalized spacial score (nSPS) is 29.9. The Hall–Kier alpha value is -1.29. The molecule has 1 heterocycles. The van der Waals surface area contributed by atoms with E-state index in [0.29, 0.717) is 18.6 Å². The maximum Gasteiger partial charge on any atom is 0.272 e. The van der Waals surface area contributed by atoms with E-state index in [1.807, 2.05) is 0 Å². The molecular formula is C14H20O4. The molecule has 1 aliphatic heterocycles. The molecule has 1 unspecified atom stereocenters. The zero-order chi connectivity index (χ0) is 13.6. The van der Waals surface area contributed by atoms with Crippen molar-refractivity contribution in [2.45, 2.75) is 38.9 Å². The summed E-state index contributed by atoms with van der Waals surface area (Å²) in [6, 6.07) is 0. The van der Waals surface area contributed by atoms with Crippen LogP contribution in [0.15, 0.2) is 23.7 Å². The van der Waals surface area contributed by atoms with Crippen LogP contribution in [0.5, 0.6) is 0 Å². The fraction of sp³-hybridized carbons (Fsp3) is 0.643. The lowest BCUT2D eigenvalue weighted by Gasteiger charge is -2.31. The molecule has 0 fully saturated rings. The number of ether oxygens (including phenoxy) is 3. The number of Topliss-reactive ketones (excluding diaryl/α,β-unsaturated/α-hetero) is 1. The number of methoxy groups -OCH3 is 2. The van der Waals surface area contributed by atoms with E-state index in [0.717, 1.165) is 17.8 Å². The number of allylic oxidation sites excluding steroid dienone is 1. The Kier molecular flexibility index (Phi) is 3.01. The van der Waals surface area contributed by atoms with Crippen molar-refractivity contribution in [1.82, 2.24) is 0 Å². The van der Waals surface area contributed by atoms with Crippen LogP contribution < -0.4 is 0 Å². The van der Waals surface area contributed by atoms with Crippen molar-refractivity contribution in [2.75, 3.05) is 14.2 Å². The first-order valence-corrected chi connectivity index (χ1v) is 6.06. The van der Waals surface area contributed by atoms with Gasteiger partial charge in [-0.05, 0) is 5.41 Å². The highest BCUT2D eigenvalue weighted by Crippen LogP contribution is 2.48. The van der Waals surface area contributed by atoms with Gasteiger partial charge in [0.25, 0.3) is 5.79 Å². The Balaban J connectivity index is 2.30. The van der Waals surface area contributed by atoms with Crippen molar-refractivity contribution in [2.24, 2.45) is 5.41 Å². The van der Waals surface area contributed by atoms with E-state index in [2.05, 4.69) is 20.4 Å². The Morgan fingerprint density at radius 1 is 1.28 bits per heavy atom. The van der Waals surface area contributed by atoms with E-state index in [-0.39, 0.29) is 11.2 Å². The molecule has 0 amide bonds. The predicted octanol–water partition coefficient (Wildman–Crippen LogP) is 2.55. The number of carbonyl (C=O) groups excluding carboxylic acids is 1. The van der Waals surface area contributed by atoms with Gasteiger partial charge in [-0.3, -0.25) is 4.79 Å². The third kappa shape index (κ3) is 1.94. The van der Waals surface area contributed by atoms with Crippen LogP contribution in [0, 0.1) is 5.41 Å². The van der Waals surface area contributed by atoms with E-state index in [1.165, 1.54) is 14.2 Å². The van der Waals surface area contributed by atoms with E-state index >= 15 is 0 Å². The largest absolute Gasteiger partial charge is 0.495 e. The number of hydrogen-bond donors (Lipinski definition) is 0. The number of carbonyl (C=O) groups is 1. The van der Waals surface area contributed by atoms with Crippen LogP contribution in [0.4, 0.5) is 0 Å². The Bertz CT molecular complexity index is 433. The highest BCUT2D eigenvalue weighted by atomic mass is 16.7. The number of hydrogen-bond acceptors (Lipinski definition) is 4. The first-order chi connectivity index (χ1) is 8.33. The molecule has 0 spiro atoms. The van der Waals surface area contributed by atoms with Crippen LogP contribution in [0.1, 0.15) is 33.1 Å². The van der Waals surface area contributed by atoms with Gasteiger partial charge in [0, 0.05) is 25.5 Å². The van der Waals surface area contributed by atoms with E-state index in [4.69, 9.17) is 14.2 Å². The molecule has 4 nitrogen and oxygen atoms in total. The molecule has 0 aromatic rings. The van der Waals surface area contributed by atoms with Gasteiger partial charge in [0.15, 0.2) is 11.5 Å². The molecule has 0 saturated carbocycles. The van der Waals surface area contributed by atoms with Gasteiger partial charge in [0.2, 0.25) is 0 Å². The first-order valence-electron chi connectivity index (χ1n) is 6.06. The Morgan fingerprint density at radius 2 is 1.94 bits per heavy atom. The SMILES string of the molecule is C=C(OC)C1(OC)CC2=C(CC(C)(C)CC2=O)O1. The van der Waals surface area contributed by atoms with Gasteiger partial charge in [-0.15, -0.1) is 0 Å². The lowest BCUT2D eigenvalue weighted by Crippen LogP contribution is -2.34. The van der Waals surface area contributed by atoms with Gasteiger partial charge in [-0.1, -0.05) is 20.4 Å². The number of rotatable bonds is 3. The van der Waals surface area contributed by atoms with Gasteiger partial charge in [-0.2, -0.15) is 0 Å². The summed E-state index contributed by atoms with van der Waals surface area (Å²) >= 11 is 0. The summed E-state index contributed by atoms with van der Waals surface area (Å²) in [5.41, 5.74) is 0.670. The van der Waals surface area contributed by atoms with Crippen molar-refractivity contribution in [3.63, 3.8) is 0 Å². The van der Waals surface area contributed by atoms with Gasteiger partial charge in [-0.25, -0.2) is 0 Å². The molecule has 0 radical (unpaired) electrons. The molecule has 0 N–H and O–H groups in total. The Morgan fingerprint density at radius 3 is 2.50 bits per heavy atom. The molecule has 2 rings (SSSR count). The summed E-state index contributed by atoms with van der Waals surface area (Å²) in [4.78, 5) is 12.1. The van der Waals surface area contributed by atoms with Crippen LogP contribution in [-0.4, -0.2) is 25.8 Å². The molecule has 18 heavy (non-hydrogen) atoms. The average Bonchev–Trinajstić information content (AvgIpc) is 2.66. The lowest BCUT2D eigenvalue weighted by atomic mass is 9.76. The fourth-order valence-corrected chi connectivity index (χ4v) is 2.60. The molecule has 1 atom stereocenters. The monoisotopic (exact) mass is 252 g/mol. The average molecular weight is 252 g/mol. The summed E-state index contributed by atoms with van der Waals surface area (Å²) in [7, 11) is 3.06. The van der Waals surface area contributed by atoms with Gasteiger partial charge < -0.3 is 14.2 Å². The van der Waals surface area contributed by atoms with Crippen LogP contribution in [-0.2, 0) is 19.0 Å². The van der Waals surface area contributed by atoms with E-state index < -0.39 is 5.79 Å². The summed E-state index contributed by atoms with van der Waals surface area (Å²) in [6.45, 7) is 7.94. The molecule has 2 aliphatic rings. The molecule has 0 aromatic carbocycles. The zero-order valence-corrected chi connectivity index (χ0v) is 11.5. The van der Waals surface area contributed by atoms with E-state index in [1.54, 1.807) is 0 Å². The number of ketones is 1. The third-order valence-electron chi connectivity index (χ3n) is 3.65. The molecule has 0 bridgehead atoms. The zero-order valence-electron chi connectivity index (χ0n) is 11.5. The minimum absolute atomic E-state index is 0.0614. The predicted molar refractivity (Wildman–Crippen MR) is 66.6 cm³/mol. The van der Waals surface area contributed by atoms with Gasteiger partial charge in [0.05, 0.1) is 13.5 Å². The van der Waals surface area contributed by atoms with Crippen molar-refractivity contribution in [3.8, 4) is 0 Å². The highest BCUT2D eigenvalue weighted by Gasteiger charge is 2.50. The molecule has 1 aliphatic carbocycles. The third-order valence-corrected chi connectivity index (χ3v) is 3.65. The Labute approximate surface area is 108 Å². The lowest BCUT2D eigenvalue weighted by molar-refractivity contribution is -0.180. The summed E-state index contributed by atoms with van der Waals surface area (Å²) < 4.78 is 16.4. The van der Waals surface area contributed by atoms with Crippen molar-refractivity contribution < 1.29 is 19.0 Å². The van der Waals surface area contributed by atoms with Crippen LogP contribution in [0.2, 0.25) is 0 Å². The standard InChI is InChI=1S/C14H20O4/c1-9(16-4)14(17-5)6-10-11(15)7-13(2,3)8-12(10)18-14/h1,6-8H2,2-5H3. The molecule has 0 aromatic heterocycles. The topological polar surface area (TPSA) is 44.8 Å². The molecular weight excluding hydrogens is 232 g/mol. The van der Waals surface area contributed by atoms with Crippen molar-refractivity contribution in [3.05, 3.63) is 23.7 Å². The van der Waals surface area contributed by atoms with E-state index in [9.17, 15) is 4.79 Å².